The second kappa shape index (κ2) is 12.3. The number of para-hydroxylation sites is 2. The van der Waals surface area contributed by atoms with Crippen LogP contribution in [0.25, 0.3) is 0 Å². The van der Waals surface area contributed by atoms with Crippen LogP contribution in [0.2, 0.25) is 0 Å². The molecule has 0 aliphatic carbocycles. The van der Waals surface area contributed by atoms with Crippen LogP contribution in [0.5, 0.6) is 11.5 Å². The van der Waals surface area contributed by atoms with Gasteiger partial charge in [0.25, 0.3) is 0 Å². The zero-order valence-electron chi connectivity index (χ0n) is 18.1. The van der Waals surface area contributed by atoms with Gasteiger partial charge in [0.2, 0.25) is 5.91 Å². The minimum absolute atomic E-state index is 0.109. The van der Waals surface area contributed by atoms with Gasteiger partial charge >= 0.3 is 0 Å². The van der Waals surface area contributed by atoms with E-state index in [2.05, 4.69) is 25.9 Å². The Bertz CT molecular complexity index is 824. The van der Waals surface area contributed by atoms with Gasteiger partial charge in [-0.05, 0) is 44.5 Å². The summed E-state index contributed by atoms with van der Waals surface area (Å²) in [5.41, 5.74) is 1.05. The van der Waals surface area contributed by atoms with Crippen molar-refractivity contribution in [2.24, 2.45) is 4.99 Å². The summed E-state index contributed by atoms with van der Waals surface area (Å²) in [6.07, 6.45) is 1.87. The molecule has 0 spiro atoms. The molecule has 0 bridgehead atoms. The van der Waals surface area contributed by atoms with E-state index in [1.807, 2.05) is 51.1 Å². The van der Waals surface area contributed by atoms with Gasteiger partial charge in [0.15, 0.2) is 17.5 Å². The minimum Gasteiger partial charge on any atom is -0.493 e. The molecule has 0 fully saturated rings. The summed E-state index contributed by atoms with van der Waals surface area (Å²) in [7, 11) is 1.61. The van der Waals surface area contributed by atoms with Gasteiger partial charge in [-0.15, -0.1) is 0 Å². The predicted octanol–water partition coefficient (Wildman–Crippen LogP) is 2.75. The van der Waals surface area contributed by atoms with E-state index in [0.717, 1.165) is 5.56 Å². The highest BCUT2D eigenvalue weighted by atomic mass is 16.5. The van der Waals surface area contributed by atoms with Crippen molar-refractivity contribution >= 4 is 17.7 Å². The maximum atomic E-state index is 12.1. The van der Waals surface area contributed by atoms with Crippen LogP contribution in [0.3, 0.4) is 0 Å². The molecule has 1 aromatic carbocycles. The molecule has 30 heavy (non-hydrogen) atoms. The lowest BCUT2D eigenvalue weighted by Crippen LogP contribution is -2.39. The second-order valence-corrected chi connectivity index (χ2v) is 6.74. The number of hydrogen-bond donors (Lipinski definition) is 3. The van der Waals surface area contributed by atoms with Crippen molar-refractivity contribution in [3.05, 3.63) is 48.2 Å². The summed E-state index contributed by atoms with van der Waals surface area (Å²) in [4.78, 5) is 20.8. The van der Waals surface area contributed by atoms with Gasteiger partial charge in [-0.2, -0.15) is 0 Å². The number of rotatable bonds is 10. The van der Waals surface area contributed by atoms with Gasteiger partial charge in [-0.25, -0.2) is 9.98 Å². The Morgan fingerprint density at radius 1 is 1.17 bits per heavy atom. The molecule has 3 N–H and O–H groups in total. The topological polar surface area (TPSA) is 96.9 Å². The summed E-state index contributed by atoms with van der Waals surface area (Å²) in [5.74, 6) is 2.44. The van der Waals surface area contributed by atoms with E-state index in [1.54, 1.807) is 19.4 Å². The molecule has 1 aromatic heterocycles. The van der Waals surface area contributed by atoms with Crippen molar-refractivity contribution < 1.29 is 14.3 Å². The molecule has 1 heterocycles. The largest absolute Gasteiger partial charge is 0.493 e. The molecule has 1 atom stereocenters. The second-order valence-electron chi connectivity index (χ2n) is 6.74. The number of anilines is 1. The smallest absolute Gasteiger partial charge is 0.227 e. The third kappa shape index (κ3) is 7.98. The van der Waals surface area contributed by atoms with E-state index in [0.29, 0.717) is 49.3 Å². The normalized spacial score (nSPS) is 12.1. The Kier molecular flexibility index (Phi) is 9.44. The molecule has 162 valence electrons. The SMILES string of the molecule is CCNC(=NCC(C)Oc1ccccc1OC)NCCC(=O)Nc1ccc(C)cn1. The standard InChI is InChI=1S/C22H31N5O3/c1-5-23-22(24-13-12-21(28)27-20-11-10-16(2)14-25-20)26-15-17(3)30-19-9-7-6-8-18(19)29-4/h6-11,14,17H,5,12-13,15H2,1-4H3,(H2,23,24,26)(H,25,27,28). The van der Waals surface area contributed by atoms with Gasteiger partial charge < -0.3 is 25.4 Å². The molecular formula is C22H31N5O3. The lowest BCUT2D eigenvalue weighted by atomic mass is 10.3. The maximum Gasteiger partial charge on any atom is 0.227 e. The molecule has 1 amide bonds. The highest BCUT2D eigenvalue weighted by Crippen LogP contribution is 2.26. The fraction of sp³-hybridized carbons (Fsp3) is 0.409. The van der Waals surface area contributed by atoms with Crippen molar-refractivity contribution in [3.63, 3.8) is 0 Å². The third-order valence-corrected chi connectivity index (χ3v) is 4.07. The Hall–Kier alpha value is -3.29. The number of benzene rings is 1. The van der Waals surface area contributed by atoms with Crippen molar-refractivity contribution in [1.82, 2.24) is 15.6 Å². The predicted molar refractivity (Wildman–Crippen MR) is 119 cm³/mol. The molecule has 0 radical (unpaired) electrons. The van der Waals surface area contributed by atoms with Crippen LogP contribution in [0.15, 0.2) is 47.6 Å². The summed E-state index contributed by atoms with van der Waals surface area (Å²) >= 11 is 0. The number of aliphatic imine (C=N–C) groups is 1. The fourth-order valence-corrected chi connectivity index (χ4v) is 2.57. The molecular weight excluding hydrogens is 382 g/mol. The average Bonchev–Trinajstić information content (AvgIpc) is 2.74. The highest BCUT2D eigenvalue weighted by Gasteiger charge is 2.09. The Balaban J connectivity index is 1.80. The van der Waals surface area contributed by atoms with E-state index in [4.69, 9.17) is 9.47 Å². The number of carbonyl (C=O) groups is 1. The molecule has 8 nitrogen and oxygen atoms in total. The number of methoxy groups -OCH3 is 1. The van der Waals surface area contributed by atoms with E-state index < -0.39 is 0 Å². The van der Waals surface area contributed by atoms with Gasteiger partial charge in [0.1, 0.15) is 11.9 Å². The fourth-order valence-electron chi connectivity index (χ4n) is 2.57. The number of nitrogens with one attached hydrogen (secondary N) is 3. The molecule has 1 unspecified atom stereocenters. The monoisotopic (exact) mass is 413 g/mol. The highest BCUT2D eigenvalue weighted by molar-refractivity contribution is 5.90. The van der Waals surface area contributed by atoms with Crippen molar-refractivity contribution in [1.29, 1.82) is 0 Å². The number of ether oxygens (including phenoxy) is 2. The first-order valence-corrected chi connectivity index (χ1v) is 10.1. The van der Waals surface area contributed by atoms with Crippen LogP contribution in [0.1, 0.15) is 25.8 Å². The number of nitrogens with zero attached hydrogens (tertiary/aromatic N) is 2. The minimum atomic E-state index is -0.146. The Morgan fingerprint density at radius 2 is 1.93 bits per heavy atom. The number of hydrogen-bond acceptors (Lipinski definition) is 5. The number of carbonyl (C=O) groups excluding carboxylic acids is 1. The number of amides is 1. The van der Waals surface area contributed by atoms with E-state index in [-0.39, 0.29) is 12.0 Å². The van der Waals surface area contributed by atoms with E-state index in [1.165, 1.54) is 0 Å². The summed E-state index contributed by atoms with van der Waals surface area (Å²) in [6, 6.07) is 11.2. The van der Waals surface area contributed by atoms with E-state index in [9.17, 15) is 4.79 Å². The molecule has 0 saturated carbocycles. The molecule has 8 heteroatoms. The van der Waals surface area contributed by atoms with Gasteiger partial charge in [-0.3, -0.25) is 4.79 Å². The first-order chi connectivity index (χ1) is 14.5. The van der Waals surface area contributed by atoms with Crippen LogP contribution in [-0.2, 0) is 4.79 Å². The average molecular weight is 414 g/mol. The third-order valence-electron chi connectivity index (χ3n) is 4.07. The zero-order valence-corrected chi connectivity index (χ0v) is 18.1. The maximum absolute atomic E-state index is 12.1. The first kappa shape index (κ1) is 23.0. The molecule has 2 aromatic rings. The van der Waals surface area contributed by atoms with Crippen LogP contribution in [0, 0.1) is 6.92 Å². The molecule has 0 saturated heterocycles. The van der Waals surface area contributed by atoms with Gasteiger partial charge in [0, 0.05) is 25.7 Å². The quantitative estimate of drug-likeness (QED) is 0.409. The Morgan fingerprint density at radius 3 is 2.60 bits per heavy atom. The van der Waals surface area contributed by atoms with Crippen molar-refractivity contribution in [2.45, 2.75) is 33.3 Å². The first-order valence-electron chi connectivity index (χ1n) is 10.1. The number of guanidine groups is 1. The number of aryl methyl sites for hydroxylation is 1. The molecule has 2 rings (SSSR count). The zero-order chi connectivity index (χ0) is 21.8. The van der Waals surface area contributed by atoms with Crippen LogP contribution < -0.4 is 25.4 Å². The van der Waals surface area contributed by atoms with Crippen molar-refractivity contribution in [2.75, 3.05) is 32.1 Å². The van der Waals surface area contributed by atoms with Crippen LogP contribution in [0.4, 0.5) is 5.82 Å². The van der Waals surface area contributed by atoms with Gasteiger partial charge in [0.05, 0.1) is 13.7 Å². The summed E-state index contributed by atoms with van der Waals surface area (Å²) in [6.45, 7) is 7.50. The number of pyridine rings is 1. The van der Waals surface area contributed by atoms with Crippen LogP contribution >= 0.6 is 0 Å². The lowest BCUT2D eigenvalue weighted by molar-refractivity contribution is -0.116. The molecule has 0 aliphatic heterocycles. The van der Waals surface area contributed by atoms with Gasteiger partial charge in [-0.1, -0.05) is 18.2 Å². The number of aromatic nitrogens is 1. The van der Waals surface area contributed by atoms with Crippen molar-refractivity contribution in [3.8, 4) is 11.5 Å². The summed E-state index contributed by atoms with van der Waals surface area (Å²) < 4.78 is 11.2. The molecule has 0 aliphatic rings. The Labute approximate surface area is 178 Å². The lowest BCUT2D eigenvalue weighted by Gasteiger charge is -2.16. The van der Waals surface area contributed by atoms with E-state index >= 15 is 0 Å². The van der Waals surface area contributed by atoms with Crippen LogP contribution in [-0.4, -0.2) is 49.7 Å². The summed E-state index contributed by atoms with van der Waals surface area (Å²) in [5, 5.41) is 9.12.